The van der Waals surface area contributed by atoms with Crippen LogP contribution in [0.3, 0.4) is 0 Å². The van der Waals surface area contributed by atoms with E-state index in [2.05, 4.69) is 16.4 Å². The molecule has 0 saturated carbocycles. The summed E-state index contributed by atoms with van der Waals surface area (Å²) in [4.78, 5) is 4.54. The molecule has 1 N–H and O–H groups in total. The topological polar surface area (TPSA) is 48.7 Å². The molecule has 1 aromatic heterocycles. The van der Waals surface area contributed by atoms with Gasteiger partial charge in [0, 0.05) is 32.9 Å². The lowest BCUT2D eigenvalue weighted by atomic mass is 10.2. The van der Waals surface area contributed by atoms with Crippen LogP contribution in [0.15, 0.2) is 54.0 Å². The summed E-state index contributed by atoms with van der Waals surface area (Å²) in [5, 5.41) is 16.5. The summed E-state index contributed by atoms with van der Waals surface area (Å²) in [7, 11) is 0. The highest BCUT2D eigenvalue weighted by Crippen LogP contribution is 2.27. The first kappa shape index (κ1) is 17.5. The zero-order valence-electron chi connectivity index (χ0n) is 13.3. The molecular formula is C19H13Cl2N3S. The SMILES string of the molecule is Cc1ccc(NC=C(C#N)c2nc(-c3ccc(Cl)cc3)cs2)cc1Cl. The first-order chi connectivity index (χ1) is 12.1. The third-order valence-electron chi connectivity index (χ3n) is 3.55. The average molecular weight is 386 g/mol. The molecule has 3 aromatic rings. The second kappa shape index (κ2) is 7.71. The Bertz CT molecular complexity index is 969. The molecular weight excluding hydrogens is 373 g/mol. The van der Waals surface area contributed by atoms with E-state index in [4.69, 9.17) is 23.2 Å². The van der Waals surface area contributed by atoms with Crippen molar-refractivity contribution >= 4 is 45.8 Å². The predicted octanol–water partition coefficient (Wildman–Crippen LogP) is 6.40. The van der Waals surface area contributed by atoms with Gasteiger partial charge in [-0.25, -0.2) is 4.98 Å². The monoisotopic (exact) mass is 385 g/mol. The summed E-state index contributed by atoms with van der Waals surface area (Å²) in [6.07, 6.45) is 1.64. The fraction of sp³-hybridized carbons (Fsp3) is 0.0526. The molecule has 0 aliphatic carbocycles. The van der Waals surface area contributed by atoms with E-state index in [1.54, 1.807) is 6.20 Å². The van der Waals surface area contributed by atoms with E-state index in [1.807, 2.05) is 54.8 Å². The number of allylic oxidation sites excluding steroid dienone is 1. The lowest BCUT2D eigenvalue weighted by Crippen LogP contribution is -1.91. The van der Waals surface area contributed by atoms with E-state index in [0.717, 1.165) is 22.5 Å². The van der Waals surface area contributed by atoms with Gasteiger partial charge in [0.25, 0.3) is 0 Å². The van der Waals surface area contributed by atoms with Gasteiger partial charge in [0.2, 0.25) is 0 Å². The van der Waals surface area contributed by atoms with Crippen molar-refractivity contribution < 1.29 is 0 Å². The van der Waals surface area contributed by atoms with Crippen LogP contribution in [0.1, 0.15) is 10.6 Å². The van der Waals surface area contributed by atoms with Crippen LogP contribution in [0.2, 0.25) is 10.0 Å². The van der Waals surface area contributed by atoms with Crippen LogP contribution in [-0.2, 0) is 0 Å². The molecule has 0 fully saturated rings. The van der Waals surface area contributed by atoms with Crippen molar-refractivity contribution in [2.45, 2.75) is 6.92 Å². The summed E-state index contributed by atoms with van der Waals surface area (Å²) in [5.74, 6) is 0. The number of hydrogen-bond acceptors (Lipinski definition) is 4. The molecule has 124 valence electrons. The molecule has 0 aliphatic heterocycles. The molecule has 3 rings (SSSR count). The van der Waals surface area contributed by atoms with Crippen LogP contribution in [0.5, 0.6) is 0 Å². The van der Waals surface area contributed by atoms with Gasteiger partial charge in [0.15, 0.2) is 0 Å². The third-order valence-corrected chi connectivity index (χ3v) is 5.08. The highest BCUT2D eigenvalue weighted by Gasteiger charge is 2.09. The zero-order valence-corrected chi connectivity index (χ0v) is 15.6. The molecule has 1 heterocycles. The number of thiazole rings is 1. The van der Waals surface area contributed by atoms with Gasteiger partial charge in [-0.2, -0.15) is 5.26 Å². The first-order valence-electron chi connectivity index (χ1n) is 7.41. The normalized spacial score (nSPS) is 11.2. The van der Waals surface area contributed by atoms with E-state index >= 15 is 0 Å². The maximum atomic E-state index is 9.44. The Kier molecular flexibility index (Phi) is 5.40. The molecule has 2 aromatic carbocycles. The predicted molar refractivity (Wildman–Crippen MR) is 106 cm³/mol. The van der Waals surface area contributed by atoms with Crippen molar-refractivity contribution in [2.24, 2.45) is 0 Å². The van der Waals surface area contributed by atoms with Crippen LogP contribution >= 0.6 is 34.5 Å². The Morgan fingerprint density at radius 2 is 1.96 bits per heavy atom. The lowest BCUT2D eigenvalue weighted by Gasteiger charge is -2.04. The van der Waals surface area contributed by atoms with E-state index in [-0.39, 0.29) is 0 Å². The van der Waals surface area contributed by atoms with Gasteiger partial charge < -0.3 is 5.32 Å². The van der Waals surface area contributed by atoms with Crippen molar-refractivity contribution in [3.8, 4) is 17.3 Å². The minimum absolute atomic E-state index is 0.460. The highest BCUT2D eigenvalue weighted by atomic mass is 35.5. The Morgan fingerprint density at radius 1 is 1.20 bits per heavy atom. The standard InChI is InChI=1S/C19H13Cl2N3S/c1-12-2-7-16(8-17(12)21)23-10-14(9-22)19-24-18(11-25-19)13-3-5-15(20)6-4-13/h2-8,10-11,23H,1H3. The maximum Gasteiger partial charge on any atom is 0.136 e. The first-order valence-corrected chi connectivity index (χ1v) is 9.05. The fourth-order valence-corrected chi connectivity index (χ4v) is 3.23. The summed E-state index contributed by atoms with van der Waals surface area (Å²) < 4.78 is 0. The van der Waals surface area contributed by atoms with Crippen molar-refractivity contribution in [3.05, 3.63) is 74.7 Å². The van der Waals surface area contributed by atoms with E-state index in [1.165, 1.54) is 11.3 Å². The number of aryl methyl sites for hydroxylation is 1. The third kappa shape index (κ3) is 4.21. The smallest absolute Gasteiger partial charge is 0.136 e. The van der Waals surface area contributed by atoms with Crippen molar-refractivity contribution in [3.63, 3.8) is 0 Å². The van der Waals surface area contributed by atoms with Crippen LogP contribution in [-0.4, -0.2) is 4.98 Å². The van der Waals surface area contributed by atoms with Gasteiger partial charge >= 0.3 is 0 Å². The highest BCUT2D eigenvalue weighted by molar-refractivity contribution is 7.11. The zero-order chi connectivity index (χ0) is 17.8. The molecule has 0 amide bonds. The van der Waals surface area contributed by atoms with Gasteiger partial charge in [0.1, 0.15) is 16.6 Å². The van der Waals surface area contributed by atoms with Gasteiger partial charge in [-0.3, -0.25) is 0 Å². The van der Waals surface area contributed by atoms with Crippen LogP contribution in [0.25, 0.3) is 16.8 Å². The van der Waals surface area contributed by atoms with Crippen LogP contribution in [0, 0.1) is 18.3 Å². The molecule has 0 atom stereocenters. The van der Waals surface area contributed by atoms with E-state index in [0.29, 0.717) is 20.6 Å². The molecule has 6 heteroatoms. The summed E-state index contributed by atoms with van der Waals surface area (Å²) in [6.45, 7) is 1.94. The number of nitrogens with zero attached hydrogens (tertiary/aromatic N) is 2. The van der Waals surface area contributed by atoms with Crippen molar-refractivity contribution in [1.29, 1.82) is 5.26 Å². The number of halogens is 2. The van der Waals surface area contributed by atoms with Gasteiger partial charge in [-0.15, -0.1) is 11.3 Å². The van der Waals surface area contributed by atoms with E-state index < -0.39 is 0 Å². The van der Waals surface area contributed by atoms with E-state index in [9.17, 15) is 5.26 Å². The largest absolute Gasteiger partial charge is 0.360 e. The summed E-state index contributed by atoms with van der Waals surface area (Å²) in [5.41, 5.74) is 4.06. The second-order valence-electron chi connectivity index (χ2n) is 5.32. The minimum atomic E-state index is 0.460. The minimum Gasteiger partial charge on any atom is -0.360 e. The van der Waals surface area contributed by atoms with Gasteiger partial charge in [-0.1, -0.05) is 41.4 Å². The number of nitriles is 1. The number of rotatable bonds is 4. The molecule has 3 nitrogen and oxygen atoms in total. The van der Waals surface area contributed by atoms with Crippen molar-refractivity contribution in [1.82, 2.24) is 4.98 Å². The maximum absolute atomic E-state index is 9.44. The number of nitrogens with one attached hydrogen (secondary N) is 1. The summed E-state index contributed by atoms with van der Waals surface area (Å²) >= 11 is 13.4. The average Bonchev–Trinajstić information content (AvgIpc) is 3.09. The Hall–Kier alpha value is -2.32. The van der Waals surface area contributed by atoms with Crippen LogP contribution < -0.4 is 5.32 Å². The number of anilines is 1. The Labute approximate surface area is 160 Å². The molecule has 0 saturated heterocycles. The molecule has 0 bridgehead atoms. The van der Waals surface area contributed by atoms with Crippen LogP contribution in [0.4, 0.5) is 5.69 Å². The molecule has 0 aliphatic rings. The number of aromatic nitrogens is 1. The summed E-state index contributed by atoms with van der Waals surface area (Å²) in [6, 6.07) is 15.3. The van der Waals surface area contributed by atoms with Gasteiger partial charge in [0.05, 0.1) is 5.69 Å². The quantitative estimate of drug-likeness (QED) is 0.528. The second-order valence-corrected chi connectivity index (χ2v) is 7.02. The van der Waals surface area contributed by atoms with Crippen molar-refractivity contribution in [2.75, 3.05) is 5.32 Å². The number of benzene rings is 2. The molecule has 25 heavy (non-hydrogen) atoms. The molecule has 0 unspecified atom stereocenters. The number of hydrogen-bond donors (Lipinski definition) is 1. The lowest BCUT2D eigenvalue weighted by molar-refractivity contribution is 1.36. The van der Waals surface area contributed by atoms with Gasteiger partial charge in [-0.05, 0) is 36.8 Å². The Balaban J connectivity index is 1.82. The Morgan fingerprint density at radius 3 is 2.64 bits per heavy atom. The molecule has 0 spiro atoms. The molecule has 0 radical (unpaired) electrons. The fourth-order valence-electron chi connectivity index (χ4n) is 2.13.